The highest BCUT2D eigenvalue weighted by Gasteiger charge is 2.17. The summed E-state index contributed by atoms with van der Waals surface area (Å²) < 4.78 is 11.1. The number of carbonyl (C=O) groups is 2. The second-order valence-corrected chi connectivity index (χ2v) is 9.99. The summed E-state index contributed by atoms with van der Waals surface area (Å²) in [5, 5.41) is 6.82. The average molecular weight is 523 g/mol. The number of hydrogen-bond donors (Lipinski definition) is 2. The fourth-order valence-electron chi connectivity index (χ4n) is 4.98. The Morgan fingerprint density at radius 2 is 1.56 bits per heavy atom. The van der Waals surface area contributed by atoms with Crippen LogP contribution in [0.4, 0.5) is 11.4 Å². The molecule has 39 heavy (non-hydrogen) atoms. The van der Waals surface area contributed by atoms with E-state index in [0.717, 1.165) is 41.8 Å². The number of nitrogens with zero attached hydrogens (tertiary/aromatic N) is 2. The molecule has 1 fully saturated rings. The van der Waals surface area contributed by atoms with Gasteiger partial charge in [-0.3, -0.25) is 19.5 Å². The Morgan fingerprint density at radius 3 is 2.41 bits per heavy atom. The predicted octanol–water partition coefficient (Wildman–Crippen LogP) is 5.41. The molecule has 1 saturated heterocycles. The highest BCUT2D eigenvalue weighted by molar-refractivity contribution is 6.08. The van der Waals surface area contributed by atoms with Gasteiger partial charge in [0.15, 0.2) is 11.5 Å². The fraction of sp³-hybridized carbons (Fsp3) is 0.258. The molecule has 2 N–H and O–H groups in total. The molecule has 1 aromatic heterocycles. The third-order valence-electron chi connectivity index (χ3n) is 7.14. The number of aryl methyl sites for hydroxylation is 1. The van der Waals surface area contributed by atoms with E-state index in [1.165, 1.54) is 12.8 Å². The number of fused-ring (bicyclic) bond motifs is 2. The van der Waals surface area contributed by atoms with Gasteiger partial charge < -0.3 is 20.1 Å². The molecule has 4 aromatic rings. The third kappa shape index (κ3) is 5.56. The number of anilines is 2. The summed E-state index contributed by atoms with van der Waals surface area (Å²) in [5.41, 5.74) is 5.01. The maximum absolute atomic E-state index is 13.1. The molecule has 0 atom stereocenters. The smallest absolute Gasteiger partial charge is 0.255 e. The minimum Gasteiger partial charge on any atom is -0.486 e. The highest BCUT2D eigenvalue weighted by Crippen LogP contribution is 2.31. The van der Waals surface area contributed by atoms with E-state index >= 15 is 0 Å². The number of carbonyl (C=O) groups excluding carboxylic acids is 2. The van der Waals surface area contributed by atoms with Gasteiger partial charge in [0, 0.05) is 34.4 Å². The second-order valence-electron chi connectivity index (χ2n) is 9.99. The monoisotopic (exact) mass is 522 g/mol. The molecule has 0 spiro atoms. The maximum Gasteiger partial charge on any atom is 0.255 e. The molecule has 6 rings (SSSR count). The van der Waals surface area contributed by atoms with Gasteiger partial charge in [0.1, 0.15) is 13.2 Å². The van der Waals surface area contributed by atoms with Crippen molar-refractivity contribution in [2.75, 3.05) is 36.9 Å². The number of aromatic nitrogens is 1. The van der Waals surface area contributed by atoms with Crippen LogP contribution in [0.25, 0.3) is 10.9 Å². The number of benzene rings is 3. The van der Waals surface area contributed by atoms with Gasteiger partial charge in [-0.1, -0.05) is 12.1 Å². The highest BCUT2D eigenvalue weighted by atomic mass is 16.6. The van der Waals surface area contributed by atoms with Crippen LogP contribution in [0, 0.1) is 6.92 Å². The summed E-state index contributed by atoms with van der Waals surface area (Å²) in [6, 6.07) is 20.2. The lowest BCUT2D eigenvalue weighted by molar-refractivity contribution is 0.101. The molecule has 2 amide bonds. The number of ether oxygens (including phenoxy) is 2. The van der Waals surface area contributed by atoms with Crippen molar-refractivity contribution >= 4 is 34.1 Å². The van der Waals surface area contributed by atoms with Gasteiger partial charge in [-0.25, -0.2) is 0 Å². The minimum atomic E-state index is -0.278. The first kappa shape index (κ1) is 24.9. The van der Waals surface area contributed by atoms with Gasteiger partial charge in [0.2, 0.25) is 0 Å². The van der Waals surface area contributed by atoms with E-state index in [0.29, 0.717) is 47.2 Å². The van der Waals surface area contributed by atoms with Crippen molar-refractivity contribution in [1.29, 1.82) is 0 Å². The average Bonchev–Trinajstić information content (AvgIpc) is 3.47. The van der Waals surface area contributed by atoms with Gasteiger partial charge in [0.05, 0.1) is 11.2 Å². The summed E-state index contributed by atoms with van der Waals surface area (Å²) >= 11 is 0. The lowest BCUT2D eigenvalue weighted by atomic mass is 10.1. The standard InChI is InChI=1S/C31H30N4O4/c1-20-4-8-24(33-30(36)23-7-11-28-29(17-23)39-15-14-38-28)18-27(20)34-31(37)22-6-10-26-21(16-22)5-9-25(32-26)19-35-12-2-3-13-35/h4-11,16-18H,2-3,12-15,19H2,1H3,(H,33,36)(H,34,37). The molecule has 2 aliphatic heterocycles. The van der Waals surface area contributed by atoms with E-state index in [-0.39, 0.29) is 11.8 Å². The molecule has 0 bridgehead atoms. The van der Waals surface area contributed by atoms with E-state index in [9.17, 15) is 9.59 Å². The summed E-state index contributed by atoms with van der Waals surface area (Å²) in [4.78, 5) is 33.2. The van der Waals surface area contributed by atoms with Gasteiger partial charge in [-0.05, 0) is 93.0 Å². The molecule has 3 heterocycles. The van der Waals surface area contributed by atoms with Crippen LogP contribution >= 0.6 is 0 Å². The third-order valence-corrected chi connectivity index (χ3v) is 7.14. The molecule has 198 valence electrons. The number of rotatable bonds is 6. The molecular weight excluding hydrogens is 492 g/mol. The number of pyridine rings is 1. The van der Waals surface area contributed by atoms with Gasteiger partial charge in [0.25, 0.3) is 11.8 Å². The van der Waals surface area contributed by atoms with E-state index in [2.05, 4.69) is 15.5 Å². The van der Waals surface area contributed by atoms with Crippen LogP contribution in [-0.4, -0.2) is 48.0 Å². The Bertz CT molecular complexity index is 1560. The van der Waals surface area contributed by atoms with Crippen LogP contribution in [0.15, 0.2) is 66.7 Å². The normalized spacial score (nSPS) is 14.8. The Labute approximate surface area is 226 Å². The van der Waals surface area contributed by atoms with Crippen molar-refractivity contribution in [3.63, 3.8) is 0 Å². The van der Waals surface area contributed by atoms with E-state index in [1.54, 1.807) is 30.3 Å². The largest absolute Gasteiger partial charge is 0.486 e. The van der Waals surface area contributed by atoms with Crippen molar-refractivity contribution in [2.24, 2.45) is 0 Å². The van der Waals surface area contributed by atoms with Crippen LogP contribution in [0.5, 0.6) is 11.5 Å². The van der Waals surface area contributed by atoms with Crippen LogP contribution in [-0.2, 0) is 6.54 Å². The molecule has 2 aliphatic rings. The molecular formula is C31H30N4O4. The van der Waals surface area contributed by atoms with Crippen LogP contribution in [0.1, 0.15) is 44.8 Å². The second kappa shape index (κ2) is 10.7. The molecule has 8 nitrogen and oxygen atoms in total. The lowest BCUT2D eigenvalue weighted by Crippen LogP contribution is -2.19. The Balaban J connectivity index is 1.14. The minimum absolute atomic E-state index is 0.226. The quantitative estimate of drug-likeness (QED) is 0.352. The summed E-state index contributed by atoms with van der Waals surface area (Å²) in [5.74, 6) is 0.681. The zero-order valence-electron chi connectivity index (χ0n) is 21.8. The van der Waals surface area contributed by atoms with Crippen molar-refractivity contribution in [3.05, 3.63) is 89.1 Å². The van der Waals surface area contributed by atoms with Crippen molar-refractivity contribution < 1.29 is 19.1 Å². The van der Waals surface area contributed by atoms with E-state index in [4.69, 9.17) is 14.5 Å². The first-order valence-electron chi connectivity index (χ1n) is 13.3. The van der Waals surface area contributed by atoms with E-state index in [1.807, 2.05) is 43.3 Å². The molecule has 0 radical (unpaired) electrons. The van der Waals surface area contributed by atoms with Crippen molar-refractivity contribution in [2.45, 2.75) is 26.3 Å². The molecule has 0 unspecified atom stereocenters. The summed E-state index contributed by atoms with van der Waals surface area (Å²) in [7, 11) is 0. The van der Waals surface area contributed by atoms with Gasteiger partial charge in [-0.2, -0.15) is 0 Å². The number of nitrogens with one attached hydrogen (secondary N) is 2. The first-order valence-corrected chi connectivity index (χ1v) is 13.3. The van der Waals surface area contributed by atoms with Crippen molar-refractivity contribution in [3.8, 4) is 11.5 Å². The summed E-state index contributed by atoms with van der Waals surface area (Å²) in [6.45, 7) is 5.97. The molecule has 0 aliphatic carbocycles. The first-order chi connectivity index (χ1) is 19.0. The topological polar surface area (TPSA) is 92.8 Å². The van der Waals surface area contributed by atoms with Crippen LogP contribution < -0.4 is 20.1 Å². The zero-order valence-corrected chi connectivity index (χ0v) is 21.8. The molecule has 0 saturated carbocycles. The summed E-state index contributed by atoms with van der Waals surface area (Å²) in [6.07, 6.45) is 2.50. The fourth-order valence-corrected chi connectivity index (χ4v) is 4.98. The SMILES string of the molecule is Cc1ccc(NC(=O)c2ccc3c(c2)OCCO3)cc1NC(=O)c1ccc2nc(CN3CCCC3)ccc2c1. The van der Waals surface area contributed by atoms with Crippen LogP contribution in [0.2, 0.25) is 0 Å². The van der Waals surface area contributed by atoms with Crippen LogP contribution in [0.3, 0.4) is 0 Å². The lowest BCUT2D eigenvalue weighted by Gasteiger charge is -2.18. The molecule has 8 heteroatoms. The predicted molar refractivity (Wildman–Crippen MR) is 151 cm³/mol. The van der Waals surface area contributed by atoms with Gasteiger partial charge >= 0.3 is 0 Å². The Kier molecular flexibility index (Phi) is 6.85. The van der Waals surface area contributed by atoms with Gasteiger partial charge in [-0.15, -0.1) is 0 Å². The molecule has 3 aromatic carbocycles. The number of likely N-dealkylation sites (tertiary alicyclic amines) is 1. The Morgan fingerprint density at radius 1 is 0.821 bits per heavy atom. The van der Waals surface area contributed by atoms with Crippen molar-refractivity contribution in [1.82, 2.24) is 9.88 Å². The number of hydrogen-bond acceptors (Lipinski definition) is 6. The number of amides is 2. The zero-order chi connectivity index (χ0) is 26.8. The Hall–Kier alpha value is -4.43. The van der Waals surface area contributed by atoms with E-state index < -0.39 is 0 Å². The maximum atomic E-state index is 13.1.